The van der Waals surface area contributed by atoms with Crippen LogP contribution >= 0.6 is 0 Å². The molecule has 120 valence electrons. The molecule has 3 rings (SSSR count). The Balaban J connectivity index is 1.83. The van der Waals surface area contributed by atoms with Gasteiger partial charge in [0.15, 0.2) is 0 Å². The minimum atomic E-state index is -3.64. The standard InChI is InChI=1S/C18H20N2O2S/c1-15-9-11-17(12-10-15)23(21,22)19-18-8-5-13-20(18)14-16-6-3-2-4-7-16/h2-4,6-7,9-12H,5,8,13-14H2,1H3/b19-18+. The van der Waals surface area contributed by atoms with Crippen LogP contribution in [0.1, 0.15) is 24.0 Å². The van der Waals surface area contributed by atoms with Crippen molar-refractivity contribution in [2.24, 2.45) is 4.40 Å². The first-order valence-corrected chi connectivity index (χ1v) is 9.18. The van der Waals surface area contributed by atoms with Crippen LogP contribution in [0.2, 0.25) is 0 Å². The Morgan fingerprint density at radius 2 is 1.74 bits per heavy atom. The van der Waals surface area contributed by atoms with E-state index in [4.69, 9.17) is 0 Å². The van der Waals surface area contributed by atoms with Crippen LogP contribution in [0, 0.1) is 6.92 Å². The van der Waals surface area contributed by atoms with Crippen molar-refractivity contribution < 1.29 is 8.42 Å². The van der Waals surface area contributed by atoms with Crippen LogP contribution in [0.5, 0.6) is 0 Å². The van der Waals surface area contributed by atoms with Crippen LogP contribution in [0.4, 0.5) is 0 Å². The Labute approximate surface area is 137 Å². The Kier molecular flexibility index (Phi) is 4.48. The van der Waals surface area contributed by atoms with Crippen molar-refractivity contribution >= 4 is 15.9 Å². The third-order valence-electron chi connectivity index (χ3n) is 3.95. The highest BCUT2D eigenvalue weighted by atomic mass is 32.2. The predicted molar refractivity (Wildman–Crippen MR) is 91.9 cm³/mol. The fraction of sp³-hybridized carbons (Fsp3) is 0.278. The lowest BCUT2D eigenvalue weighted by atomic mass is 10.2. The van der Waals surface area contributed by atoms with E-state index in [2.05, 4.69) is 9.30 Å². The van der Waals surface area contributed by atoms with Gasteiger partial charge >= 0.3 is 0 Å². The monoisotopic (exact) mass is 328 g/mol. The summed E-state index contributed by atoms with van der Waals surface area (Å²) in [5.41, 5.74) is 2.19. The normalized spacial score (nSPS) is 16.9. The Morgan fingerprint density at radius 1 is 1.04 bits per heavy atom. The second kappa shape index (κ2) is 6.54. The molecule has 1 heterocycles. The molecule has 0 saturated carbocycles. The SMILES string of the molecule is Cc1ccc(S(=O)(=O)/N=C2\CCCN2Cc2ccccc2)cc1. The van der Waals surface area contributed by atoms with Crippen LogP contribution in [-0.2, 0) is 16.6 Å². The molecule has 1 aliphatic rings. The largest absolute Gasteiger partial charge is 0.355 e. The Morgan fingerprint density at radius 3 is 2.43 bits per heavy atom. The highest BCUT2D eigenvalue weighted by Crippen LogP contribution is 2.20. The molecule has 0 amide bonds. The van der Waals surface area contributed by atoms with Crippen LogP contribution in [0.3, 0.4) is 0 Å². The minimum Gasteiger partial charge on any atom is -0.355 e. The first kappa shape index (κ1) is 15.7. The van der Waals surface area contributed by atoms with Crippen LogP contribution in [-0.4, -0.2) is 25.7 Å². The van der Waals surface area contributed by atoms with Crippen molar-refractivity contribution in [3.05, 3.63) is 65.7 Å². The number of aryl methyl sites for hydroxylation is 1. The molecule has 0 radical (unpaired) electrons. The second-order valence-corrected chi connectivity index (χ2v) is 7.41. The van der Waals surface area contributed by atoms with E-state index >= 15 is 0 Å². The number of amidine groups is 1. The summed E-state index contributed by atoms with van der Waals surface area (Å²) in [7, 11) is -3.64. The zero-order chi connectivity index (χ0) is 16.3. The third-order valence-corrected chi connectivity index (χ3v) is 5.27. The highest BCUT2D eigenvalue weighted by Gasteiger charge is 2.22. The molecule has 2 aromatic rings. The summed E-state index contributed by atoms with van der Waals surface area (Å²) in [6.45, 7) is 3.47. The van der Waals surface area contributed by atoms with Gasteiger partial charge in [-0.2, -0.15) is 8.42 Å². The molecule has 0 spiro atoms. The average molecular weight is 328 g/mol. The third kappa shape index (κ3) is 3.79. The number of hydrogen-bond donors (Lipinski definition) is 0. The van der Waals surface area contributed by atoms with Gasteiger partial charge in [0.1, 0.15) is 5.84 Å². The Hall–Kier alpha value is -2.14. The van der Waals surface area contributed by atoms with Gasteiger partial charge in [0.25, 0.3) is 10.0 Å². The number of sulfonamides is 1. The number of rotatable bonds is 4. The van der Waals surface area contributed by atoms with E-state index in [1.54, 1.807) is 24.3 Å². The molecule has 2 aromatic carbocycles. The minimum absolute atomic E-state index is 0.252. The van der Waals surface area contributed by atoms with Gasteiger partial charge in [-0.1, -0.05) is 48.0 Å². The zero-order valence-corrected chi connectivity index (χ0v) is 14.0. The molecule has 0 N–H and O–H groups in total. The second-order valence-electron chi connectivity index (χ2n) is 5.81. The van der Waals surface area contributed by atoms with Gasteiger partial charge in [-0.25, -0.2) is 0 Å². The molecule has 0 aromatic heterocycles. The molecule has 1 aliphatic heterocycles. The maximum Gasteiger partial charge on any atom is 0.283 e. The van der Waals surface area contributed by atoms with Gasteiger partial charge < -0.3 is 4.90 Å². The van der Waals surface area contributed by atoms with E-state index in [0.717, 1.165) is 24.1 Å². The van der Waals surface area contributed by atoms with E-state index in [1.165, 1.54) is 0 Å². The molecule has 0 unspecified atom stereocenters. The van der Waals surface area contributed by atoms with E-state index in [-0.39, 0.29) is 4.90 Å². The molecule has 0 atom stereocenters. The van der Waals surface area contributed by atoms with Crippen molar-refractivity contribution in [3.8, 4) is 0 Å². The molecular weight excluding hydrogens is 308 g/mol. The molecule has 1 saturated heterocycles. The fourth-order valence-corrected chi connectivity index (χ4v) is 3.76. The number of benzene rings is 2. The van der Waals surface area contributed by atoms with Crippen molar-refractivity contribution in [2.45, 2.75) is 31.2 Å². The van der Waals surface area contributed by atoms with Gasteiger partial charge in [-0.05, 0) is 31.0 Å². The van der Waals surface area contributed by atoms with Crippen molar-refractivity contribution in [2.75, 3.05) is 6.54 Å². The fourth-order valence-electron chi connectivity index (χ4n) is 2.69. The van der Waals surface area contributed by atoms with Gasteiger partial charge in [-0.15, -0.1) is 4.40 Å². The van der Waals surface area contributed by atoms with E-state index < -0.39 is 10.0 Å². The van der Waals surface area contributed by atoms with Gasteiger partial charge in [0, 0.05) is 19.5 Å². The van der Waals surface area contributed by atoms with Gasteiger partial charge in [0.05, 0.1) is 4.90 Å². The quantitative estimate of drug-likeness (QED) is 0.864. The maximum atomic E-state index is 12.5. The van der Waals surface area contributed by atoms with Crippen molar-refractivity contribution in [3.63, 3.8) is 0 Å². The molecule has 4 nitrogen and oxygen atoms in total. The molecule has 0 aliphatic carbocycles. The summed E-state index contributed by atoms with van der Waals surface area (Å²) in [6, 6.07) is 16.9. The molecule has 5 heteroatoms. The summed E-state index contributed by atoms with van der Waals surface area (Å²) < 4.78 is 29.1. The number of hydrogen-bond acceptors (Lipinski definition) is 2. The maximum absolute atomic E-state index is 12.5. The summed E-state index contributed by atoms with van der Waals surface area (Å²) >= 11 is 0. The molecule has 0 bridgehead atoms. The predicted octanol–water partition coefficient (Wildman–Crippen LogP) is 3.38. The van der Waals surface area contributed by atoms with E-state index in [1.807, 2.05) is 37.3 Å². The van der Waals surface area contributed by atoms with E-state index in [9.17, 15) is 8.42 Å². The zero-order valence-electron chi connectivity index (χ0n) is 13.1. The number of likely N-dealkylation sites (tertiary alicyclic amines) is 1. The van der Waals surface area contributed by atoms with Gasteiger partial charge in [-0.3, -0.25) is 0 Å². The van der Waals surface area contributed by atoms with Crippen LogP contribution < -0.4 is 0 Å². The smallest absolute Gasteiger partial charge is 0.283 e. The summed E-state index contributed by atoms with van der Waals surface area (Å²) in [6.07, 6.45) is 1.65. The lowest BCUT2D eigenvalue weighted by molar-refractivity contribution is 0.448. The van der Waals surface area contributed by atoms with Crippen molar-refractivity contribution in [1.82, 2.24) is 4.90 Å². The number of nitrogens with zero attached hydrogens (tertiary/aromatic N) is 2. The molecule has 1 fully saturated rings. The lowest BCUT2D eigenvalue weighted by Gasteiger charge is -2.18. The van der Waals surface area contributed by atoms with Crippen LogP contribution in [0.15, 0.2) is 63.9 Å². The first-order valence-electron chi connectivity index (χ1n) is 7.74. The summed E-state index contributed by atoms with van der Waals surface area (Å²) in [5.74, 6) is 0.662. The van der Waals surface area contributed by atoms with E-state index in [0.29, 0.717) is 18.8 Å². The van der Waals surface area contributed by atoms with Gasteiger partial charge in [0.2, 0.25) is 0 Å². The highest BCUT2D eigenvalue weighted by molar-refractivity contribution is 7.90. The summed E-state index contributed by atoms with van der Waals surface area (Å²) in [4.78, 5) is 2.31. The summed E-state index contributed by atoms with van der Waals surface area (Å²) in [5, 5.41) is 0. The first-order chi connectivity index (χ1) is 11.0. The van der Waals surface area contributed by atoms with Crippen LogP contribution in [0.25, 0.3) is 0 Å². The molecule has 23 heavy (non-hydrogen) atoms. The van der Waals surface area contributed by atoms with Crippen molar-refractivity contribution in [1.29, 1.82) is 0 Å². The topological polar surface area (TPSA) is 49.7 Å². The average Bonchev–Trinajstić information content (AvgIpc) is 2.95. The Bertz CT molecular complexity index is 797. The lowest BCUT2D eigenvalue weighted by Crippen LogP contribution is -2.25. The molecular formula is C18H20N2O2S.